The zero-order valence-corrected chi connectivity index (χ0v) is 12.3. The number of halogens is 3. The predicted molar refractivity (Wildman–Crippen MR) is 72.0 cm³/mol. The monoisotopic (exact) mass is 363 g/mol. The first-order valence-electron chi connectivity index (χ1n) is 5.47. The molecule has 0 atom stereocenters. The molecule has 0 unspecified atom stereocenters. The molecule has 2 nitrogen and oxygen atoms in total. The summed E-state index contributed by atoms with van der Waals surface area (Å²) in [6.07, 6.45) is 1.83. The third kappa shape index (κ3) is 2.88. The maximum atomic E-state index is 13.6. The van der Waals surface area contributed by atoms with E-state index >= 15 is 0 Å². The highest BCUT2D eigenvalue weighted by Crippen LogP contribution is 2.24. The van der Waals surface area contributed by atoms with E-state index in [0.717, 1.165) is 12.8 Å². The number of piperidine rings is 1. The van der Waals surface area contributed by atoms with E-state index in [1.54, 1.807) is 17.0 Å². The first-order chi connectivity index (χ1) is 8.09. The topological polar surface area (TPSA) is 20.3 Å². The van der Waals surface area contributed by atoms with Crippen molar-refractivity contribution in [2.75, 3.05) is 13.1 Å². The van der Waals surface area contributed by atoms with Gasteiger partial charge in [0.15, 0.2) is 0 Å². The molecule has 0 saturated carbocycles. The smallest absolute Gasteiger partial charge is 0.257 e. The number of carbonyl (C=O) groups is 1. The zero-order valence-electron chi connectivity index (χ0n) is 9.13. The molecule has 92 valence electrons. The molecule has 1 aromatic rings. The molecule has 0 aromatic heterocycles. The van der Waals surface area contributed by atoms with Gasteiger partial charge in [-0.15, -0.1) is 0 Å². The SMILES string of the molecule is O=C(c1c(F)cccc1Br)N1CCC(Br)CC1. The van der Waals surface area contributed by atoms with Crippen molar-refractivity contribution in [3.63, 3.8) is 0 Å². The number of carbonyl (C=O) groups excluding carboxylic acids is 1. The van der Waals surface area contributed by atoms with Crippen LogP contribution >= 0.6 is 31.9 Å². The summed E-state index contributed by atoms with van der Waals surface area (Å²) >= 11 is 6.76. The number of nitrogens with zero attached hydrogens (tertiary/aromatic N) is 1. The number of amides is 1. The Morgan fingerprint density at radius 2 is 2.00 bits per heavy atom. The standard InChI is InChI=1S/C12H12Br2FNO/c13-8-4-6-16(7-5-8)12(17)11-9(14)2-1-3-10(11)15/h1-3,8H,4-7H2. The van der Waals surface area contributed by atoms with Gasteiger partial charge in [-0.1, -0.05) is 22.0 Å². The van der Waals surface area contributed by atoms with Gasteiger partial charge in [0.25, 0.3) is 5.91 Å². The Balaban J connectivity index is 2.20. The third-order valence-electron chi connectivity index (χ3n) is 2.89. The van der Waals surface area contributed by atoms with Crippen LogP contribution in [0.5, 0.6) is 0 Å². The maximum absolute atomic E-state index is 13.6. The highest BCUT2D eigenvalue weighted by Gasteiger charge is 2.25. The molecule has 1 amide bonds. The highest BCUT2D eigenvalue weighted by atomic mass is 79.9. The Bertz CT molecular complexity index is 410. The van der Waals surface area contributed by atoms with Gasteiger partial charge in [-0.2, -0.15) is 0 Å². The summed E-state index contributed by atoms with van der Waals surface area (Å²) in [5.41, 5.74) is 0.139. The van der Waals surface area contributed by atoms with E-state index in [-0.39, 0.29) is 11.5 Å². The summed E-state index contributed by atoms with van der Waals surface area (Å²) in [5, 5.41) is 0. The van der Waals surface area contributed by atoms with E-state index < -0.39 is 5.82 Å². The molecule has 2 rings (SSSR count). The lowest BCUT2D eigenvalue weighted by atomic mass is 10.1. The van der Waals surface area contributed by atoms with Crippen molar-refractivity contribution in [3.05, 3.63) is 34.1 Å². The van der Waals surface area contributed by atoms with Gasteiger partial charge < -0.3 is 4.90 Å². The van der Waals surface area contributed by atoms with Crippen molar-refractivity contribution in [2.24, 2.45) is 0 Å². The molecule has 0 N–H and O–H groups in total. The van der Waals surface area contributed by atoms with E-state index in [4.69, 9.17) is 0 Å². The average molecular weight is 365 g/mol. The fraction of sp³-hybridized carbons (Fsp3) is 0.417. The van der Waals surface area contributed by atoms with Gasteiger partial charge in [0.05, 0.1) is 5.56 Å². The van der Waals surface area contributed by atoms with Crippen LogP contribution in [-0.4, -0.2) is 28.7 Å². The van der Waals surface area contributed by atoms with Crippen LogP contribution in [-0.2, 0) is 0 Å². The van der Waals surface area contributed by atoms with E-state index in [2.05, 4.69) is 31.9 Å². The van der Waals surface area contributed by atoms with Crippen molar-refractivity contribution in [1.29, 1.82) is 0 Å². The molecule has 1 aliphatic rings. The van der Waals surface area contributed by atoms with Crippen LogP contribution in [0, 0.1) is 5.82 Å². The Hall–Kier alpha value is -0.420. The summed E-state index contributed by atoms with van der Waals surface area (Å²) < 4.78 is 14.2. The molecular weight excluding hydrogens is 353 g/mol. The van der Waals surface area contributed by atoms with Crippen LogP contribution in [0.3, 0.4) is 0 Å². The van der Waals surface area contributed by atoms with Crippen LogP contribution in [0.25, 0.3) is 0 Å². The molecule has 17 heavy (non-hydrogen) atoms. The first-order valence-corrected chi connectivity index (χ1v) is 7.18. The Morgan fingerprint density at radius 1 is 1.35 bits per heavy atom. The quantitative estimate of drug-likeness (QED) is 0.697. The third-order valence-corrected chi connectivity index (χ3v) is 4.46. The van der Waals surface area contributed by atoms with Crippen molar-refractivity contribution in [2.45, 2.75) is 17.7 Å². The lowest BCUT2D eigenvalue weighted by Gasteiger charge is -2.29. The van der Waals surface area contributed by atoms with E-state index in [9.17, 15) is 9.18 Å². The second kappa shape index (κ2) is 5.48. The van der Waals surface area contributed by atoms with Gasteiger partial charge in [0, 0.05) is 22.4 Å². The average Bonchev–Trinajstić information content (AvgIpc) is 2.29. The number of hydrogen-bond donors (Lipinski definition) is 0. The van der Waals surface area contributed by atoms with Crippen LogP contribution in [0.1, 0.15) is 23.2 Å². The highest BCUT2D eigenvalue weighted by molar-refractivity contribution is 9.10. The fourth-order valence-electron chi connectivity index (χ4n) is 1.91. The second-order valence-electron chi connectivity index (χ2n) is 4.06. The molecule has 0 spiro atoms. The minimum atomic E-state index is -0.467. The van der Waals surface area contributed by atoms with Gasteiger partial charge in [0.1, 0.15) is 5.82 Å². The minimum Gasteiger partial charge on any atom is -0.338 e. The van der Waals surface area contributed by atoms with Crippen LogP contribution in [0.2, 0.25) is 0 Å². The van der Waals surface area contributed by atoms with Crippen LogP contribution in [0.4, 0.5) is 4.39 Å². The molecule has 1 heterocycles. The molecule has 5 heteroatoms. The predicted octanol–water partition coefficient (Wildman–Crippen LogP) is 3.59. The molecule has 0 aliphatic carbocycles. The van der Waals surface area contributed by atoms with E-state index in [0.29, 0.717) is 22.4 Å². The minimum absolute atomic E-state index is 0.139. The van der Waals surface area contributed by atoms with Crippen molar-refractivity contribution < 1.29 is 9.18 Å². The van der Waals surface area contributed by atoms with E-state index in [1.165, 1.54) is 6.07 Å². The zero-order chi connectivity index (χ0) is 12.4. The summed E-state index contributed by atoms with van der Waals surface area (Å²) in [6.45, 7) is 1.35. The first kappa shape index (κ1) is 13.0. The van der Waals surface area contributed by atoms with Gasteiger partial charge in [-0.05, 0) is 40.9 Å². The number of benzene rings is 1. The summed E-state index contributed by atoms with van der Waals surface area (Å²) in [4.78, 5) is 14.4. The Morgan fingerprint density at radius 3 is 2.59 bits per heavy atom. The molecule has 0 radical (unpaired) electrons. The maximum Gasteiger partial charge on any atom is 0.257 e. The van der Waals surface area contributed by atoms with Crippen molar-refractivity contribution in [3.8, 4) is 0 Å². The largest absolute Gasteiger partial charge is 0.338 e. The van der Waals surface area contributed by atoms with Gasteiger partial charge in [0.2, 0.25) is 0 Å². The number of hydrogen-bond acceptors (Lipinski definition) is 1. The Labute approximate surface area is 116 Å². The number of likely N-dealkylation sites (tertiary alicyclic amines) is 1. The molecule has 1 fully saturated rings. The molecule has 1 saturated heterocycles. The van der Waals surface area contributed by atoms with Gasteiger partial charge in [-0.3, -0.25) is 4.79 Å². The summed E-state index contributed by atoms with van der Waals surface area (Å²) in [5.74, 6) is -0.695. The van der Waals surface area contributed by atoms with Crippen molar-refractivity contribution >= 4 is 37.8 Å². The Kier molecular flexibility index (Phi) is 4.20. The van der Waals surface area contributed by atoms with E-state index in [1.807, 2.05) is 0 Å². The normalized spacial score (nSPS) is 17.2. The molecule has 1 aromatic carbocycles. The summed E-state index contributed by atoms with van der Waals surface area (Å²) in [7, 11) is 0. The van der Waals surface area contributed by atoms with Crippen molar-refractivity contribution in [1.82, 2.24) is 4.90 Å². The lowest BCUT2D eigenvalue weighted by Crippen LogP contribution is -2.39. The van der Waals surface area contributed by atoms with Crippen LogP contribution in [0.15, 0.2) is 22.7 Å². The van der Waals surface area contributed by atoms with Crippen LogP contribution < -0.4 is 0 Å². The second-order valence-corrected chi connectivity index (χ2v) is 6.21. The fourth-order valence-corrected chi connectivity index (χ4v) is 2.83. The number of alkyl halides is 1. The van der Waals surface area contributed by atoms with Gasteiger partial charge in [-0.25, -0.2) is 4.39 Å². The lowest BCUT2D eigenvalue weighted by molar-refractivity contribution is 0.0722. The van der Waals surface area contributed by atoms with Gasteiger partial charge >= 0.3 is 0 Å². The molecule has 1 aliphatic heterocycles. The molecule has 0 bridgehead atoms. The summed E-state index contributed by atoms with van der Waals surface area (Å²) in [6, 6.07) is 4.59. The number of rotatable bonds is 1. The molecular formula is C12H12Br2FNO.